The number of alkyl halides is 1. The van der Waals surface area contributed by atoms with Crippen LogP contribution < -0.4 is 20.7 Å². The standard InChI is InChI=1S/C25H42IN3O7/c1-3-27-10-11-29-25(31)21-7-5-8-22(19-21)36-20-23(26)35-18-17-34-16-15-33-13-6-9-24(30)28-12-14-32-4-2/h5,7-8,19,23,27H,3-4,6,9-18,20H2,1-2H3,(H,28,30)(H,29,31). The molecule has 1 rings (SSSR count). The Morgan fingerprint density at radius 3 is 2.47 bits per heavy atom. The first-order valence-electron chi connectivity index (χ1n) is 12.5. The van der Waals surface area contributed by atoms with Crippen LogP contribution in [-0.2, 0) is 23.7 Å². The summed E-state index contributed by atoms with van der Waals surface area (Å²) in [4.78, 5) is 23.8. The predicted octanol–water partition coefficient (Wildman–Crippen LogP) is 2.15. The van der Waals surface area contributed by atoms with Crippen LogP contribution in [0.4, 0.5) is 0 Å². The zero-order valence-corrected chi connectivity index (χ0v) is 23.7. The summed E-state index contributed by atoms with van der Waals surface area (Å²) >= 11 is 2.16. The Bertz CT molecular complexity index is 712. The molecule has 206 valence electrons. The Hall–Kier alpha value is -1.51. The SMILES string of the molecule is CCNCCNC(=O)c1cccc(OCC(I)OCCOCCOCCCC(=O)NCCOCC)c1. The normalized spacial score (nSPS) is 11.8. The van der Waals surface area contributed by atoms with Crippen molar-refractivity contribution in [1.82, 2.24) is 16.0 Å². The zero-order valence-electron chi connectivity index (χ0n) is 21.5. The summed E-state index contributed by atoms with van der Waals surface area (Å²) in [5.41, 5.74) is 0.561. The first-order valence-corrected chi connectivity index (χ1v) is 13.8. The van der Waals surface area contributed by atoms with Gasteiger partial charge in [0.15, 0.2) is 0 Å². The van der Waals surface area contributed by atoms with Gasteiger partial charge in [-0.25, -0.2) is 0 Å². The van der Waals surface area contributed by atoms with E-state index < -0.39 is 0 Å². The number of benzene rings is 1. The highest BCUT2D eigenvalue weighted by molar-refractivity contribution is 14.1. The summed E-state index contributed by atoms with van der Waals surface area (Å²) in [5, 5.41) is 8.84. The molecule has 0 radical (unpaired) electrons. The first-order chi connectivity index (χ1) is 17.6. The quantitative estimate of drug-likeness (QED) is 0.0966. The van der Waals surface area contributed by atoms with Crippen molar-refractivity contribution in [3.05, 3.63) is 29.8 Å². The van der Waals surface area contributed by atoms with Crippen molar-refractivity contribution < 1.29 is 33.3 Å². The van der Waals surface area contributed by atoms with Crippen LogP contribution in [-0.4, -0.2) is 95.0 Å². The van der Waals surface area contributed by atoms with Crippen LogP contribution in [0, 0.1) is 0 Å². The number of carbonyl (C=O) groups is 2. The Morgan fingerprint density at radius 2 is 1.69 bits per heavy atom. The largest absolute Gasteiger partial charge is 0.490 e. The van der Waals surface area contributed by atoms with Crippen molar-refractivity contribution in [3.63, 3.8) is 0 Å². The molecule has 0 saturated carbocycles. The van der Waals surface area contributed by atoms with Gasteiger partial charge in [-0.1, -0.05) is 13.0 Å². The van der Waals surface area contributed by atoms with E-state index in [4.69, 9.17) is 23.7 Å². The maximum Gasteiger partial charge on any atom is 0.251 e. The van der Waals surface area contributed by atoms with Crippen LogP contribution in [0.5, 0.6) is 5.75 Å². The van der Waals surface area contributed by atoms with Gasteiger partial charge in [0, 0.05) is 44.8 Å². The molecule has 0 fully saturated rings. The molecule has 0 aliphatic heterocycles. The molecule has 1 aromatic rings. The molecule has 1 unspecified atom stereocenters. The van der Waals surface area contributed by atoms with E-state index in [0.29, 0.717) is 90.1 Å². The van der Waals surface area contributed by atoms with Crippen molar-refractivity contribution in [2.75, 3.05) is 79.0 Å². The summed E-state index contributed by atoms with van der Waals surface area (Å²) < 4.78 is 27.5. The summed E-state index contributed by atoms with van der Waals surface area (Å²) in [6, 6.07) is 7.10. The lowest BCUT2D eigenvalue weighted by Gasteiger charge is -2.14. The number of amides is 2. The van der Waals surface area contributed by atoms with Gasteiger partial charge in [0.1, 0.15) is 16.5 Å². The zero-order chi connectivity index (χ0) is 26.3. The Balaban J connectivity index is 2.01. The van der Waals surface area contributed by atoms with Crippen molar-refractivity contribution in [3.8, 4) is 5.75 Å². The van der Waals surface area contributed by atoms with E-state index in [1.54, 1.807) is 18.2 Å². The minimum absolute atomic E-state index is 0.0119. The van der Waals surface area contributed by atoms with Gasteiger partial charge in [-0.2, -0.15) is 0 Å². The fourth-order valence-electron chi connectivity index (χ4n) is 2.87. The van der Waals surface area contributed by atoms with Crippen molar-refractivity contribution in [2.45, 2.75) is 30.8 Å². The number of hydrogen-bond donors (Lipinski definition) is 3. The third-order valence-electron chi connectivity index (χ3n) is 4.68. The molecule has 0 saturated heterocycles. The molecule has 11 heteroatoms. The first kappa shape index (κ1) is 32.5. The average Bonchev–Trinajstić information content (AvgIpc) is 2.89. The van der Waals surface area contributed by atoms with Gasteiger partial charge in [0.25, 0.3) is 5.91 Å². The molecular weight excluding hydrogens is 581 g/mol. The van der Waals surface area contributed by atoms with E-state index in [2.05, 4.69) is 38.5 Å². The second kappa shape index (κ2) is 22.7. The molecule has 0 aromatic heterocycles. The fraction of sp³-hybridized carbons (Fsp3) is 0.680. The second-order valence-electron chi connectivity index (χ2n) is 7.60. The molecule has 1 aromatic carbocycles. The maximum atomic E-state index is 12.2. The predicted molar refractivity (Wildman–Crippen MR) is 147 cm³/mol. The molecule has 0 spiro atoms. The Kier molecular flexibility index (Phi) is 20.5. The number of nitrogens with one attached hydrogen (secondary N) is 3. The monoisotopic (exact) mass is 623 g/mol. The van der Waals surface area contributed by atoms with Gasteiger partial charge in [-0.3, -0.25) is 9.59 Å². The van der Waals surface area contributed by atoms with E-state index in [9.17, 15) is 9.59 Å². The summed E-state index contributed by atoms with van der Waals surface area (Å²) in [6.45, 7) is 10.6. The molecule has 2 amide bonds. The van der Waals surface area contributed by atoms with Gasteiger partial charge in [-0.15, -0.1) is 0 Å². The van der Waals surface area contributed by atoms with Gasteiger partial charge in [0.2, 0.25) is 5.91 Å². The summed E-state index contributed by atoms with van der Waals surface area (Å²) in [5.74, 6) is 0.509. The average molecular weight is 624 g/mol. The molecule has 10 nitrogen and oxygen atoms in total. The van der Waals surface area contributed by atoms with E-state index in [-0.39, 0.29) is 15.9 Å². The lowest BCUT2D eigenvalue weighted by atomic mass is 10.2. The van der Waals surface area contributed by atoms with Crippen LogP contribution in [0.25, 0.3) is 0 Å². The summed E-state index contributed by atoms with van der Waals surface area (Å²) in [7, 11) is 0. The van der Waals surface area contributed by atoms with E-state index in [1.165, 1.54) is 0 Å². The number of carbonyl (C=O) groups excluding carboxylic acids is 2. The van der Waals surface area contributed by atoms with Crippen LogP contribution in [0.1, 0.15) is 37.0 Å². The molecule has 0 aliphatic carbocycles. The lowest BCUT2D eigenvalue weighted by Crippen LogP contribution is -2.31. The van der Waals surface area contributed by atoms with Crippen molar-refractivity contribution >= 4 is 34.4 Å². The third kappa shape index (κ3) is 17.8. The van der Waals surface area contributed by atoms with Crippen LogP contribution in [0.15, 0.2) is 24.3 Å². The highest BCUT2D eigenvalue weighted by Gasteiger charge is 2.09. The molecule has 36 heavy (non-hydrogen) atoms. The minimum atomic E-state index is -0.153. The number of rotatable bonds is 23. The molecule has 1 atom stereocenters. The van der Waals surface area contributed by atoms with E-state index in [1.807, 2.05) is 19.9 Å². The Morgan fingerprint density at radius 1 is 0.917 bits per heavy atom. The van der Waals surface area contributed by atoms with E-state index in [0.717, 1.165) is 13.1 Å². The highest BCUT2D eigenvalue weighted by Crippen LogP contribution is 2.15. The van der Waals surface area contributed by atoms with E-state index >= 15 is 0 Å². The van der Waals surface area contributed by atoms with Gasteiger partial charge >= 0.3 is 0 Å². The maximum absolute atomic E-state index is 12.2. The molecule has 0 bridgehead atoms. The number of hydrogen-bond acceptors (Lipinski definition) is 8. The number of likely N-dealkylation sites (N-methyl/N-ethyl adjacent to an activating group) is 1. The number of ether oxygens (including phenoxy) is 5. The molecule has 0 heterocycles. The van der Waals surface area contributed by atoms with Gasteiger partial charge in [0.05, 0.1) is 33.0 Å². The summed E-state index contributed by atoms with van der Waals surface area (Å²) in [6.07, 6.45) is 1.11. The fourth-order valence-corrected chi connectivity index (χ4v) is 3.30. The molecule has 0 aliphatic rings. The minimum Gasteiger partial charge on any atom is -0.490 e. The molecular formula is C25H42IN3O7. The Labute approximate surface area is 228 Å². The van der Waals surface area contributed by atoms with Crippen LogP contribution in [0.3, 0.4) is 0 Å². The van der Waals surface area contributed by atoms with Crippen LogP contribution >= 0.6 is 22.6 Å². The van der Waals surface area contributed by atoms with Crippen molar-refractivity contribution in [2.24, 2.45) is 0 Å². The second-order valence-corrected chi connectivity index (χ2v) is 8.99. The van der Waals surface area contributed by atoms with Crippen molar-refractivity contribution in [1.29, 1.82) is 0 Å². The van der Waals surface area contributed by atoms with Gasteiger partial charge in [-0.05, 0) is 60.7 Å². The smallest absolute Gasteiger partial charge is 0.251 e. The topological polar surface area (TPSA) is 116 Å². The lowest BCUT2D eigenvalue weighted by molar-refractivity contribution is -0.121. The highest BCUT2D eigenvalue weighted by atomic mass is 127. The molecule has 3 N–H and O–H groups in total. The third-order valence-corrected chi connectivity index (χ3v) is 5.40. The van der Waals surface area contributed by atoms with Gasteiger partial charge < -0.3 is 39.6 Å². The number of halogens is 1. The van der Waals surface area contributed by atoms with Crippen LogP contribution in [0.2, 0.25) is 0 Å².